The molecule has 8 heteroatoms. The number of alkyl halides is 3. The summed E-state index contributed by atoms with van der Waals surface area (Å²) in [6, 6.07) is 0. The zero-order valence-corrected chi connectivity index (χ0v) is 14.1. The number of hydrogen-bond donors (Lipinski definition) is 1. The van der Waals surface area contributed by atoms with E-state index in [0.717, 1.165) is 0 Å². The van der Waals surface area contributed by atoms with Gasteiger partial charge in [-0.2, -0.15) is 13.2 Å². The van der Waals surface area contributed by atoms with Gasteiger partial charge in [0.2, 0.25) is 0 Å². The van der Waals surface area contributed by atoms with E-state index >= 15 is 0 Å². The first-order chi connectivity index (χ1) is 9.24. The van der Waals surface area contributed by atoms with Gasteiger partial charge in [0.25, 0.3) is 0 Å². The molecular weight excluding hydrogens is 303 g/mol. The predicted molar refractivity (Wildman–Crippen MR) is 75.3 cm³/mol. The second-order valence-electron chi connectivity index (χ2n) is 7.10. The van der Waals surface area contributed by atoms with Crippen LogP contribution in [0.4, 0.5) is 13.2 Å². The fraction of sp³-hybridized carbons (Fsp3) is 0.923. The minimum Gasteiger partial charge on any atom is -0.412 e. The predicted octanol–water partition coefficient (Wildman–Crippen LogP) is 2.53. The van der Waals surface area contributed by atoms with Gasteiger partial charge >= 0.3 is 12.1 Å². The highest BCUT2D eigenvalue weighted by molar-refractivity contribution is 6.74. The Kier molecular flexibility index (Phi) is 5.17. The maximum Gasteiger partial charge on any atom is 0.471 e. The van der Waals surface area contributed by atoms with E-state index < -0.39 is 32.6 Å². The Morgan fingerprint density at radius 2 is 1.76 bits per heavy atom. The van der Waals surface area contributed by atoms with Crippen LogP contribution in [0.15, 0.2) is 0 Å². The number of aliphatic hydroxyl groups excluding tert-OH is 1. The summed E-state index contributed by atoms with van der Waals surface area (Å²) in [7, 11) is -2.16. The topological polar surface area (TPSA) is 49.8 Å². The third kappa shape index (κ3) is 4.69. The van der Waals surface area contributed by atoms with E-state index in [9.17, 15) is 23.1 Å². The average molecular weight is 327 g/mol. The number of nitrogens with zero attached hydrogens (tertiary/aromatic N) is 1. The summed E-state index contributed by atoms with van der Waals surface area (Å²) in [6.45, 7) is 9.64. The molecule has 1 rings (SSSR count). The average Bonchev–Trinajstić information content (AvgIpc) is 2.23. The molecule has 1 fully saturated rings. The summed E-state index contributed by atoms with van der Waals surface area (Å²) in [6.07, 6.45) is -6.20. The summed E-state index contributed by atoms with van der Waals surface area (Å²) in [5.41, 5.74) is 0. The number of piperidine rings is 1. The van der Waals surface area contributed by atoms with Gasteiger partial charge in [0.1, 0.15) is 0 Å². The molecule has 4 nitrogen and oxygen atoms in total. The molecule has 0 aromatic carbocycles. The molecule has 21 heavy (non-hydrogen) atoms. The van der Waals surface area contributed by atoms with E-state index in [2.05, 4.69) is 0 Å². The summed E-state index contributed by atoms with van der Waals surface area (Å²) in [5.74, 6) is -1.91. The van der Waals surface area contributed by atoms with Gasteiger partial charge < -0.3 is 14.4 Å². The lowest BCUT2D eigenvalue weighted by atomic mass is 10.1. The van der Waals surface area contributed by atoms with Gasteiger partial charge in [0, 0.05) is 19.5 Å². The van der Waals surface area contributed by atoms with Gasteiger partial charge in [-0.15, -0.1) is 0 Å². The second kappa shape index (κ2) is 5.89. The van der Waals surface area contributed by atoms with Crippen LogP contribution in [0.3, 0.4) is 0 Å². The lowest BCUT2D eigenvalue weighted by Gasteiger charge is -2.43. The number of carbonyl (C=O) groups excluding carboxylic acids is 1. The molecule has 1 N–H and O–H groups in total. The van der Waals surface area contributed by atoms with Gasteiger partial charge in [-0.3, -0.25) is 4.79 Å². The molecule has 1 aliphatic heterocycles. The number of halogens is 3. The van der Waals surface area contributed by atoms with Crippen LogP contribution in [0.25, 0.3) is 0 Å². The van der Waals surface area contributed by atoms with Crippen molar-refractivity contribution >= 4 is 14.2 Å². The third-order valence-electron chi connectivity index (χ3n) is 4.19. The Morgan fingerprint density at radius 3 is 2.19 bits per heavy atom. The Bertz CT molecular complexity index is 393. The molecule has 124 valence electrons. The molecule has 1 saturated heterocycles. The van der Waals surface area contributed by atoms with Crippen LogP contribution < -0.4 is 0 Å². The summed E-state index contributed by atoms with van der Waals surface area (Å²) >= 11 is 0. The van der Waals surface area contributed by atoms with Crippen LogP contribution in [0.5, 0.6) is 0 Å². The lowest BCUT2D eigenvalue weighted by Crippen LogP contribution is -2.56. The van der Waals surface area contributed by atoms with Crippen LogP contribution in [0, 0.1) is 0 Å². The summed E-state index contributed by atoms with van der Waals surface area (Å²) < 4.78 is 43.6. The number of hydrogen-bond acceptors (Lipinski definition) is 3. The fourth-order valence-corrected chi connectivity index (χ4v) is 3.41. The normalized spacial score (nSPS) is 25.1. The van der Waals surface area contributed by atoms with Crippen LogP contribution >= 0.6 is 0 Å². The Balaban J connectivity index is 2.80. The highest BCUT2D eigenvalue weighted by atomic mass is 28.4. The van der Waals surface area contributed by atoms with E-state index in [1.807, 2.05) is 33.9 Å². The first-order valence-corrected chi connectivity index (χ1v) is 9.87. The fourth-order valence-electron chi connectivity index (χ4n) is 2.05. The molecule has 0 radical (unpaired) electrons. The molecule has 1 amide bonds. The minimum atomic E-state index is -4.92. The van der Waals surface area contributed by atoms with E-state index in [1.54, 1.807) is 0 Å². The monoisotopic (exact) mass is 327 g/mol. The standard InChI is InChI=1S/C13H24F3NO3Si/c1-12(2,3)21(4,5)20-10-6-9(18)7-17(8-10)11(19)13(14,15)16/h9-10,18H,6-8H2,1-5H3/t9-,10-/m1/s1. The minimum absolute atomic E-state index is 0.0890. The molecule has 2 atom stereocenters. The van der Waals surface area contributed by atoms with Gasteiger partial charge in [0.05, 0.1) is 12.2 Å². The molecule has 1 aliphatic rings. The summed E-state index contributed by atoms with van der Waals surface area (Å²) in [5, 5.41) is 9.65. The Hall–Kier alpha value is -0.603. The number of aliphatic hydroxyl groups is 1. The number of amides is 1. The van der Waals surface area contributed by atoms with E-state index in [1.165, 1.54) is 0 Å². The van der Waals surface area contributed by atoms with E-state index in [0.29, 0.717) is 4.90 Å². The van der Waals surface area contributed by atoms with Crippen molar-refractivity contribution in [1.29, 1.82) is 0 Å². The molecule has 1 heterocycles. The number of β-amino-alcohol motifs (C(OH)–C–C–N with tert-alkyl or cyclic N) is 1. The highest BCUT2D eigenvalue weighted by Crippen LogP contribution is 2.38. The van der Waals surface area contributed by atoms with Gasteiger partial charge in [-0.1, -0.05) is 20.8 Å². The van der Waals surface area contributed by atoms with Gasteiger partial charge in [-0.25, -0.2) is 0 Å². The van der Waals surface area contributed by atoms with Crippen molar-refractivity contribution in [1.82, 2.24) is 4.90 Å². The smallest absolute Gasteiger partial charge is 0.412 e. The van der Waals surface area contributed by atoms with Crippen molar-refractivity contribution in [2.24, 2.45) is 0 Å². The van der Waals surface area contributed by atoms with Crippen LogP contribution in [-0.4, -0.2) is 55.7 Å². The maximum atomic E-state index is 12.5. The zero-order chi connectivity index (χ0) is 16.6. The first kappa shape index (κ1) is 18.4. The van der Waals surface area contributed by atoms with Crippen molar-refractivity contribution in [2.45, 2.75) is 63.7 Å². The molecule has 0 unspecified atom stereocenters. The largest absolute Gasteiger partial charge is 0.471 e. The van der Waals surface area contributed by atoms with Crippen LogP contribution in [0.1, 0.15) is 27.2 Å². The molecule has 0 aromatic rings. The SMILES string of the molecule is CC(C)(C)[Si](C)(C)O[C@@H]1C[C@@H](O)CN(C(=O)C(F)(F)F)C1. The Labute approximate surface area is 124 Å². The number of likely N-dealkylation sites (tertiary alicyclic amines) is 1. The zero-order valence-electron chi connectivity index (χ0n) is 13.1. The third-order valence-corrected chi connectivity index (χ3v) is 8.72. The molecular formula is C13H24F3NO3Si. The maximum absolute atomic E-state index is 12.5. The van der Waals surface area contributed by atoms with Crippen molar-refractivity contribution in [3.63, 3.8) is 0 Å². The second-order valence-corrected chi connectivity index (χ2v) is 11.9. The van der Waals surface area contributed by atoms with Crippen molar-refractivity contribution in [2.75, 3.05) is 13.1 Å². The van der Waals surface area contributed by atoms with Crippen LogP contribution in [-0.2, 0) is 9.22 Å². The molecule has 0 spiro atoms. The van der Waals surface area contributed by atoms with E-state index in [4.69, 9.17) is 4.43 Å². The first-order valence-electron chi connectivity index (χ1n) is 6.96. The summed E-state index contributed by atoms with van der Waals surface area (Å²) in [4.78, 5) is 12.0. The lowest BCUT2D eigenvalue weighted by molar-refractivity contribution is -0.190. The van der Waals surface area contributed by atoms with Crippen molar-refractivity contribution < 1.29 is 27.5 Å². The Morgan fingerprint density at radius 1 is 1.24 bits per heavy atom. The number of carbonyl (C=O) groups is 1. The quantitative estimate of drug-likeness (QED) is 0.793. The van der Waals surface area contributed by atoms with Gasteiger partial charge in [-0.05, 0) is 18.1 Å². The number of rotatable bonds is 2. The molecule has 0 aliphatic carbocycles. The molecule has 0 bridgehead atoms. The molecule has 0 aromatic heterocycles. The van der Waals surface area contributed by atoms with E-state index in [-0.39, 0.29) is 24.5 Å². The van der Waals surface area contributed by atoms with Crippen molar-refractivity contribution in [3.8, 4) is 0 Å². The van der Waals surface area contributed by atoms with Crippen LogP contribution in [0.2, 0.25) is 18.1 Å². The highest BCUT2D eigenvalue weighted by Gasteiger charge is 2.46. The molecule has 0 saturated carbocycles. The van der Waals surface area contributed by atoms with Gasteiger partial charge in [0.15, 0.2) is 8.32 Å². The van der Waals surface area contributed by atoms with Crippen molar-refractivity contribution in [3.05, 3.63) is 0 Å².